The fraction of sp³-hybridized carbons (Fsp3) is 0.370. The summed E-state index contributed by atoms with van der Waals surface area (Å²) in [5, 5.41) is 6.04. The molecule has 7 heterocycles. The van der Waals surface area contributed by atoms with Gasteiger partial charge in [-0.2, -0.15) is 9.47 Å². The molecule has 0 bridgehead atoms. The Morgan fingerprint density at radius 3 is 2.40 bits per heavy atom. The quantitative estimate of drug-likeness (QED) is 0.171. The van der Waals surface area contributed by atoms with Gasteiger partial charge in [-0.05, 0) is 130 Å². The molecule has 14 nitrogen and oxygen atoms in total. The van der Waals surface area contributed by atoms with Crippen LogP contribution in [0.25, 0.3) is 28.1 Å². The average molecular weight is 888 g/mol. The predicted octanol–water partition coefficient (Wildman–Crippen LogP) is 7.09. The SMILES string of the molecule is Cc1cc(-n2nc3c(c2-n2ccn(-c4ccc([S@@]5(=O)=NCCC5)cc4)c2=O)[C@H](C)N(C(=O)c2cc4cc(C5CCOCC5)ccc4n2C2(c4nsc(=O)[nH]4)CC2)CC3)cc(C)c1F. The van der Waals surface area contributed by atoms with Crippen molar-refractivity contribution in [3.05, 3.63) is 138 Å². The van der Waals surface area contributed by atoms with Crippen LogP contribution in [0.15, 0.2) is 91.9 Å². The normalized spacial score (nSPS) is 20.9. The van der Waals surface area contributed by atoms with Crippen molar-refractivity contribution in [3.8, 4) is 17.2 Å². The highest BCUT2D eigenvalue weighted by Crippen LogP contribution is 2.51. The van der Waals surface area contributed by atoms with Crippen molar-refractivity contribution in [1.29, 1.82) is 0 Å². The second-order valence-corrected chi connectivity index (χ2v) is 20.5. The molecule has 4 aromatic heterocycles. The van der Waals surface area contributed by atoms with E-state index in [9.17, 15) is 13.8 Å². The molecule has 11 rings (SSSR count). The minimum Gasteiger partial charge on any atom is -0.381 e. The number of hydrogen-bond donors (Lipinski definition) is 1. The molecule has 324 valence electrons. The summed E-state index contributed by atoms with van der Waals surface area (Å²) < 4.78 is 49.9. The number of H-pyrrole nitrogens is 1. The Morgan fingerprint density at radius 2 is 1.71 bits per heavy atom. The number of aryl methyl sites for hydroxylation is 2. The van der Waals surface area contributed by atoms with Gasteiger partial charge in [0.1, 0.15) is 28.7 Å². The maximum Gasteiger partial charge on any atom is 0.338 e. The number of carbonyl (C=O) groups is 1. The zero-order valence-electron chi connectivity index (χ0n) is 35.2. The number of aromatic amines is 1. The maximum absolute atomic E-state index is 15.4. The van der Waals surface area contributed by atoms with Crippen LogP contribution in [-0.2, 0) is 26.4 Å². The van der Waals surface area contributed by atoms with E-state index in [0.29, 0.717) is 108 Å². The van der Waals surface area contributed by atoms with E-state index in [0.717, 1.165) is 47.4 Å². The van der Waals surface area contributed by atoms with E-state index in [1.165, 1.54) is 14.7 Å². The van der Waals surface area contributed by atoms with E-state index < -0.39 is 21.3 Å². The van der Waals surface area contributed by atoms with E-state index >= 15 is 9.18 Å². The molecule has 2 fully saturated rings. The Bertz CT molecular complexity index is 3220. The smallest absolute Gasteiger partial charge is 0.338 e. The molecule has 7 aromatic rings. The molecule has 0 radical (unpaired) electrons. The zero-order chi connectivity index (χ0) is 43.4. The largest absolute Gasteiger partial charge is 0.381 e. The van der Waals surface area contributed by atoms with Gasteiger partial charge in [0.15, 0.2) is 0 Å². The van der Waals surface area contributed by atoms with Crippen LogP contribution in [0.3, 0.4) is 0 Å². The molecule has 2 atom stereocenters. The van der Waals surface area contributed by atoms with E-state index in [4.69, 9.17) is 9.84 Å². The van der Waals surface area contributed by atoms with E-state index in [1.54, 1.807) is 67.3 Å². The summed E-state index contributed by atoms with van der Waals surface area (Å²) in [7, 11) is -2.46. The van der Waals surface area contributed by atoms with E-state index in [-0.39, 0.29) is 22.3 Å². The lowest BCUT2D eigenvalue weighted by atomic mass is 9.91. The van der Waals surface area contributed by atoms with Gasteiger partial charge in [-0.1, -0.05) is 6.07 Å². The first kappa shape index (κ1) is 39.9. The third-order valence-electron chi connectivity index (χ3n) is 13.5. The summed E-state index contributed by atoms with van der Waals surface area (Å²) in [4.78, 5) is 47.7. The summed E-state index contributed by atoms with van der Waals surface area (Å²) in [6, 6.07) is 18.4. The number of benzene rings is 3. The number of nitrogens with zero attached hydrogens (tertiary/aromatic N) is 8. The second-order valence-electron chi connectivity index (χ2n) is 17.3. The first-order chi connectivity index (χ1) is 30.4. The summed E-state index contributed by atoms with van der Waals surface area (Å²) >= 11 is 0.883. The minimum atomic E-state index is -2.46. The van der Waals surface area contributed by atoms with Gasteiger partial charge in [0.05, 0.1) is 32.8 Å². The number of nitrogens with one attached hydrogen (secondary N) is 1. The van der Waals surface area contributed by atoms with Crippen molar-refractivity contribution in [2.75, 3.05) is 32.1 Å². The van der Waals surface area contributed by atoms with Crippen molar-refractivity contribution >= 4 is 38.1 Å². The van der Waals surface area contributed by atoms with Gasteiger partial charge in [0, 0.05) is 83.8 Å². The van der Waals surface area contributed by atoms with Crippen molar-refractivity contribution < 1.29 is 18.1 Å². The lowest BCUT2D eigenvalue weighted by Crippen LogP contribution is -2.41. The fourth-order valence-electron chi connectivity index (χ4n) is 10.1. The number of hydrogen-bond acceptors (Lipinski definition) is 9. The van der Waals surface area contributed by atoms with Crippen molar-refractivity contribution in [3.63, 3.8) is 0 Å². The van der Waals surface area contributed by atoms with E-state index in [2.05, 4.69) is 36.5 Å². The first-order valence-corrected chi connectivity index (χ1v) is 24.0. The molecule has 0 unspecified atom stereocenters. The molecule has 1 N–H and O–H groups in total. The fourth-order valence-corrected chi connectivity index (χ4v) is 12.6. The van der Waals surface area contributed by atoms with Gasteiger partial charge in [-0.3, -0.25) is 23.7 Å². The average Bonchev–Trinajstić information content (AvgIpc) is 3.80. The monoisotopic (exact) mass is 887 g/mol. The molecule has 1 aliphatic carbocycles. The molecule has 17 heteroatoms. The topological polar surface area (TPSA) is 154 Å². The Kier molecular flexibility index (Phi) is 9.40. The lowest BCUT2D eigenvalue weighted by molar-refractivity contribution is 0.0664. The number of imidazole rings is 1. The number of fused-ring (bicyclic) bond motifs is 2. The highest BCUT2D eigenvalue weighted by molar-refractivity contribution is 7.93. The summed E-state index contributed by atoms with van der Waals surface area (Å²) in [5.74, 6) is 1.38. The van der Waals surface area contributed by atoms with Gasteiger partial charge in [0.25, 0.3) is 5.91 Å². The van der Waals surface area contributed by atoms with Gasteiger partial charge < -0.3 is 14.2 Å². The molecule has 1 saturated carbocycles. The molecule has 4 aliphatic rings. The van der Waals surface area contributed by atoms with Crippen LogP contribution < -0.4 is 10.6 Å². The zero-order valence-corrected chi connectivity index (χ0v) is 36.8. The van der Waals surface area contributed by atoms with Crippen molar-refractivity contribution in [2.45, 2.75) is 81.7 Å². The number of halogens is 1. The Hall–Kier alpha value is -5.91. The summed E-state index contributed by atoms with van der Waals surface area (Å²) in [6.45, 7) is 7.73. The number of amides is 1. The van der Waals surface area contributed by atoms with Crippen LogP contribution in [0.1, 0.15) is 95.2 Å². The molecule has 0 spiro atoms. The Balaban J connectivity index is 1.03. The van der Waals surface area contributed by atoms with E-state index in [1.807, 2.05) is 17.9 Å². The Labute approximate surface area is 366 Å². The molecular formula is C46H46FN9O5S2. The minimum absolute atomic E-state index is 0.190. The molecule has 1 amide bonds. The van der Waals surface area contributed by atoms with Crippen LogP contribution in [0, 0.1) is 19.7 Å². The lowest BCUT2D eigenvalue weighted by Gasteiger charge is -2.34. The van der Waals surface area contributed by atoms with Crippen molar-refractivity contribution in [2.24, 2.45) is 4.36 Å². The van der Waals surface area contributed by atoms with Crippen molar-refractivity contribution in [1.82, 2.24) is 37.7 Å². The highest BCUT2D eigenvalue weighted by atomic mass is 32.2. The second kappa shape index (κ2) is 14.8. The van der Waals surface area contributed by atoms with Crippen LogP contribution >= 0.6 is 11.5 Å². The first-order valence-electron chi connectivity index (χ1n) is 21.6. The van der Waals surface area contributed by atoms with Gasteiger partial charge >= 0.3 is 10.6 Å². The third-order valence-corrected chi connectivity index (χ3v) is 16.5. The number of ether oxygens (including phenoxy) is 1. The highest BCUT2D eigenvalue weighted by Gasteiger charge is 2.52. The number of rotatable bonds is 8. The summed E-state index contributed by atoms with van der Waals surface area (Å²) in [5.41, 5.74) is 5.04. The van der Waals surface area contributed by atoms with Crippen LogP contribution in [0.5, 0.6) is 0 Å². The summed E-state index contributed by atoms with van der Waals surface area (Å²) in [6.07, 6.45) is 7.85. The van der Waals surface area contributed by atoms with Gasteiger partial charge in [0.2, 0.25) is 0 Å². The van der Waals surface area contributed by atoms with Crippen LogP contribution in [0.2, 0.25) is 0 Å². The predicted molar refractivity (Wildman–Crippen MR) is 238 cm³/mol. The van der Waals surface area contributed by atoms with Crippen LogP contribution in [-0.4, -0.2) is 79.9 Å². The maximum atomic E-state index is 15.4. The third kappa shape index (κ3) is 6.40. The van der Waals surface area contributed by atoms with Crippen LogP contribution in [0.4, 0.5) is 4.39 Å². The van der Waals surface area contributed by atoms with Gasteiger partial charge in [-0.15, -0.1) is 0 Å². The number of aromatic nitrogens is 7. The molecule has 3 aromatic carbocycles. The standard InChI is InChI=1S/C46H46FN9O5S2/c1-27-23-34(24-28(2)40(27)47)56-41(54-19-18-53(45(54)59)33-6-8-35(9-7-33)63(60)22-4-16-48-63)39-29(3)52(17-11-36(39)50-56)42(57)38-26-32-25-31(30-12-20-61-21-13-30)5-10-37(32)55(38)46(14-15-46)43-49-44(58)62-51-43/h5-10,18-19,23-26,29-30H,4,11-17,20-22H2,1-3H3,(H,49,51,58)/t29-,63+/m0/s1. The Morgan fingerprint density at radius 1 is 0.968 bits per heavy atom. The van der Waals surface area contributed by atoms with Gasteiger partial charge in [-0.25, -0.2) is 22.4 Å². The molecule has 3 aliphatic heterocycles. The molecule has 1 saturated heterocycles. The molecule has 63 heavy (non-hydrogen) atoms. The number of carbonyl (C=O) groups excluding carboxylic acids is 1. The molecular weight excluding hydrogens is 842 g/mol.